The number of nitrogens with one attached hydrogen (secondary N) is 1. The van der Waals surface area contributed by atoms with Crippen molar-refractivity contribution < 1.29 is 14.6 Å². The van der Waals surface area contributed by atoms with Gasteiger partial charge < -0.3 is 16.1 Å². The van der Waals surface area contributed by atoms with Crippen LogP contribution < -0.4 is 11.1 Å². The Morgan fingerprint density at radius 3 is 2.74 bits per heavy atom. The molecule has 0 aliphatic carbocycles. The number of hydrogen-bond acceptors (Lipinski definition) is 4. The van der Waals surface area contributed by atoms with Gasteiger partial charge in [-0.1, -0.05) is 30.3 Å². The summed E-state index contributed by atoms with van der Waals surface area (Å²) < 4.78 is 0. The lowest BCUT2D eigenvalue weighted by atomic mass is 9.58. The van der Waals surface area contributed by atoms with E-state index in [0.29, 0.717) is 12.9 Å². The molecule has 1 aromatic carbocycles. The number of nitrogens with two attached hydrogens (primary N) is 1. The Morgan fingerprint density at radius 2 is 2.13 bits per heavy atom. The van der Waals surface area contributed by atoms with Crippen LogP contribution in [0.3, 0.4) is 0 Å². The summed E-state index contributed by atoms with van der Waals surface area (Å²) in [5.41, 5.74) is 6.45. The SMILES string of the molecule is CC(=O)NC(Cc1ccccc1)B(O)CN1CCCC1C(N)=O. The van der Waals surface area contributed by atoms with Crippen LogP contribution in [0.15, 0.2) is 30.3 Å². The van der Waals surface area contributed by atoms with Crippen LogP contribution in [0.5, 0.6) is 0 Å². The Labute approximate surface area is 137 Å². The Kier molecular flexibility index (Phi) is 6.18. The zero-order chi connectivity index (χ0) is 16.8. The van der Waals surface area contributed by atoms with Gasteiger partial charge in [0, 0.05) is 19.3 Å². The second kappa shape index (κ2) is 8.13. The van der Waals surface area contributed by atoms with E-state index in [0.717, 1.165) is 24.9 Å². The van der Waals surface area contributed by atoms with Crippen molar-refractivity contribution in [2.45, 2.75) is 38.2 Å². The average Bonchev–Trinajstić information content (AvgIpc) is 2.95. The molecule has 2 amide bonds. The van der Waals surface area contributed by atoms with Crippen molar-refractivity contribution >= 4 is 18.7 Å². The topological polar surface area (TPSA) is 95.7 Å². The molecule has 0 radical (unpaired) electrons. The number of carbonyl (C=O) groups is 2. The van der Waals surface area contributed by atoms with Crippen molar-refractivity contribution in [3.63, 3.8) is 0 Å². The van der Waals surface area contributed by atoms with Gasteiger partial charge in [0.15, 0.2) is 0 Å². The van der Waals surface area contributed by atoms with Crippen LogP contribution in [0, 0.1) is 0 Å². The number of hydrogen-bond donors (Lipinski definition) is 3. The Morgan fingerprint density at radius 1 is 1.43 bits per heavy atom. The number of primary amides is 1. The lowest BCUT2D eigenvalue weighted by molar-refractivity contribution is -0.122. The second-order valence-electron chi connectivity index (χ2n) is 6.12. The maximum atomic E-state index is 11.5. The molecule has 124 valence electrons. The number of rotatable bonds is 7. The molecule has 0 bridgehead atoms. The molecule has 2 rings (SSSR count). The fourth-order valence-corrected chi connectivity index (χ4v) is 3.15. The van der Waals surface area contributed by atoms with E-state index in [4.69, 9.17) is 5.73 Å². The standard InChI is InChI=1S/C16H24BN3O3/c1-12(21)19-15(10-13-6-3-2-4-7-13)17(23)11-20-9-5-8-14(20)16(18)22/h2-4,6-7,14-15,23H,5,8-11H2,1H3,(H2,18,22)(H,19,21). The monoisotopic (exact) mass is 317 g/mol. The van der Waals surface area contributed by atoms with Gasteiger partial charge >= 0.3 is 6.92 Å². The highest BCUT2D eigenvalue weighted by molar-refractivity contribution is 6.52. The highest BCUT2D eigenvalue weighted by Gasteiger charge is 2.34. The van der Waals surface area contributed by atoms with Gasteiger partial charge in [0.2, 0.25) is 11.8 Å². The first-order chi connectivity index (χ1) is 11.0. The fraction of sp³-hybridized carbons (Fsp3) is 0.500. The minimum absolute atomic E-state index is 0.183. The average molecular weight is 317 g/mol. The summed E-state index contributed by atoms with van der Waals surface area (Å²) in [6.07, 6.45) is 2.48. The van der Waals surface area contributed by atoms with E-state index in [2.05, 4.69) is 5.32 Å². The lowest BCUT2D eigenvalue weighted by Gasteiger charge is -2.27. The summed E-state index contributed by atoms with van der Waals surface area (Å²) in [5.74, 6) is -0.935. The minimum Gasteiger partial charge on any atom is -0.448 e. The molecule has 1 saturated heterocycles. The summed E-state index contributed by atoms with van der Waals surface area (Å²) in [7, 11) is 0. The predicted molar refractivity (Wildman–Crippen MR) is 89.5 cm³/mol. The second-order valence-corrected chi connectivity index (χ2v) is 6.12. The maximum absolute atomic E-state index is 11.5. The summed E-state index contributed by atoms with van der Waals surface area (Å²) in [6, 6.07) is 9.38. The summed E-state index contributed by atoms with van der Waals surface area (Å²) in [4.78, 5) is 24.8. The third-order valence-electron chi connectivity index (χ3n) is 4.27. The van der Waals surface area contributed by atoms with Crippen LogP contribution in [0.4, 0.5) is 0 Å². The van der Waals surface area contributed by atoms with Gasteiger partial charge in [-0.15, -0.1) is 0 Å². The zero-order valence-electron chi connectivity index (χ0n) is 13.4. The highest BCUT2D eigenvalue weighted by atomic mass is 16.2. The molecule has 0 aromatic heterocycles. The number of nitrogens with zero attached hydrogens (tertiary/aromatic N) is 1. The van der Waals surface area contributed by atoms with E-state index in [1.54, 1.807) is 0 Å². The molecule has 1 heterocycles. The molecule has 7 heteroatoms. The van der Waals surface area contributed by atoms with Crippen LogP contribution in [-0.4, -0.2) is 53.6 Å². The Hall–Kier alpha value is -1.86. The van der Waals surface area contributed by atoms with Crippen molar-refractivity contribution in [1.29, 1.82) is 0 Å². The van der Waals surface area contributed by atoms with Crippen LogP contribution in [0.2, 0.25) is 0 Å². The summed E-state index contributed by atoms with van der Waals surface area (Å²) in [6.45, 7) is 1.41. The quantitative estimate of drug-likeness (QED) is 0.604. The van der Waals surface area contributed by atoms with E-state index in [-0.39, 0.29) is 17.9 Å². The van der Waals surface area contributed by atoms with Gasteiger partial charge in [-0.25, -0.2) is 0 Å². The first-order valence-electron chi connectivity index (χ1n) is 8.00. The molecule has 1 aliphatic rings. The van der Waals surface area contributed by atoms with Gasteiger partial charge in [0.25, 0.3) is 0 Å². The molecule has 2 atom stereocenters. The third-order valence-corrected chi connectivity index (χ3v) is 4.27. The number of amides is 2. The van der Waals surface area contributed by atoms with Gasteiger partial charge in [-0.3, -0.25) is 14.5 Å². The minimum atomic E-state index is -0.765. The van der Waals surface area contributed by atoms with Crippen LogP contribution in [-0.2, 0) is 16.0 Å². The van der Waals surface area contributed by atoms with Crippen LogP contribution >= 0.6 is 0 Å². The number of carbonyl (C=O) groups excluding carboxylic acids is 2. The van der Waals surface area contributed by atoms with Gasteiger partial charge in [0.05, 0.1) is 6.04 Å². The maximum Gasteiger partial charge on any atom is 0.327 e. The summed E-state index contributed by atoms with van der Waals surface area (Å²) in [5, 5.41) is 13.4. The first-order valence-corrected chi connectivity index (χ1v) is 8.00. The molecule has 1 aromatic rings. The van der Waals surface area contributed by atoms with E-state index in [9.17, 15) is 14.6 Å². The van der Waals surface area contributed by atoms with Crippen molar-refractivity contribution in [2.24, 2.45) is 5.73 Å². The van der Waals surface area contributed by atoms with Gasteiger partial charge in [-0.2, -0.15) is 0 Å². The van der Waals surface area contributed by atoms with Crippen molar-refractivity contribution in [3.8, 4) is 0 Å². The molecular formula is C16H24BN3O3. The molecular weight excluding hydrogens is 293 g/mol. The van der Waals surface area contributed by atoms with E-state index in [1.807, 2.05) is 35.2 Å². The molecule has 0 spiro atoms. The Bertz CT molecular complexity index is 541. The zero-order valence-corrected chi connectivity index (χ0v) is 13.4. The predicted octanol–water partition coefficient (Wildman–Crippen LogP) is -0.254. The molecule has 2 unspecified atom stereocenters. The number of likely N-dealkylation sites (tertiary alicyclic amines) is 1. The van der Waals surface area contributed by atoms with Crippen LogP contribution in [0.1, 0.15) is 25.3 Å². The Balaban J connectivity index is 2.02. The largest absolute Gasteiger partial charge is 0.448 e. The normalized spacial score (nSPS) is 19.3. The molecule has 1 aliphatic heterocycles. The van der Waals surface area contributed by atoms with E-state index < -0.39 is 12.9 Å². The van der Waals surface area contributed by atoms with E-state index in [1.165, 1.54) is 6.92 Å². The molecule has 23 heavy (non-hydrogen) atoms. The van der Waals surface area contributed by atoms with E-state index >= 15 is 0 Å². The molecule has 6 nitrogen and oxygen atoms in total. The van der Waals surface area contributed by atoms with Crippen molar-refractivity contribution in [3.05, 3.63) is 35.9 Å². The van der Waals surface area contributed by atoms with Gasteiger partial charge in [0.1, 0.15) is 0 Å². The highest BCUT2D eigenvalue weighted by Crippen LogP contribution is 2.17. The number of benzene rings is 1. The third kappa shape index (κ3) is 5.08. The fourth-order valence-electron chi connectivity index (χ4n) is 3.15. The van der Waals surface area contributed by atoms with Crippen molar-refractivity contribution in [2.75, 3.05) is 13.0 Å². The molecule has 1 fully saturated rings. The van der Waals surface area contributed by atoms with Gasteiger partial charge in [-0.05, 0) is 31.4 Å². The lowest BCUT2D eigenvalue weighted by Crippen LogP contribution is -2.54. The van der Waals surface area contributed by atoms with Crippen molar-refractivity contribution in [1.82, 2.24) is 10.2 Å². The molecule has 4 N–H and O–H groups in total. The summed E-state index contributed by atoms with van der Waals surface area (Å²) >= 11 is 0. The molecule has 0 saturated carbocycles. The first kappa shape index (κ1) is 17.5. The van der Waals surface area contributed by atoms with Crippen LogP contribution in [0.25, 0.3) is 0 Å². The smallest absolute Gasteiger partial charge is 0.327 e.